The number of fused-ring (bicyclic) bond motifs is 2. The van der Waals surface area contributed by atoms with Crippen LogP contribution in [0.4, 0.5) is 0 Å². The number of aromatic nitrogens is 3. The third-order valence-electron chi connectivity index (χ3n) is 5.73. The molecule has 0 saturated heterocycles. The minimum atomic E-state index is 0.00290. The minimum Gasteiger partial charge on any atom is -0.349 e. The predicted octanol–water partition coefficient (Wildman–Crippen LogP) is 4.86. The fourth-order valence-corrected chi connectivity index (χ4v) is 3.93. The van der Waals surface area contributed by atoms with Crippen LogP contribution in [0.2, 0.25) is 0 Å². The van der Waals surface area contributed by atoms with Crippen LogP contribution in [0.15, 0.2) is 85.3 Å². The zero-order valence-electron chi connectivity index (χ0n) is 16.3. The van der Waals surface area contributed by atoms with Crippen molar-refractivity contribution in [1.82, 2.24) is 19.4 Å². The first-order valence-electron chi connectivity index (χ1n) is 10.2. The number of nitrogens with one attached hydrogen (secondary N) is 1. The SMILES string of the molecule is O=C(NC1CC1)c1ccc(-n2cnc3cc(-n4ccc5ccccc54)ccc32)cc1. The maximum Gasteiger partial charge on any atom is 0.251 e. The van der Waals surface area contributed by atoms with Crippen molar-refractivity contribution in [2.45, 2.75) is 18.9 Å². The van der Waals surface area contributed by atoms with Crippen molar-refractivity contribution in [2.75, 3.05) is 0 Å². The summed E-state index contributed by atoms with van der Waals surface area (Å²) >= 11 is 0. The summed E-state index contributed by atoms with van der Waals surface area (Å²) < 4.78 is 4.23. The van der Waals surface area contributed by atoms with Gasteiger partial charge < -0.3 is 9.88 Å². The largest absolute Gasteiger partial charge is 0.349 e. The molecule has 146 valence electrons. The second-order valence-corrected chi connectivity index (χ2v) is 7.83. The summed E-state index contributed by atoms with van der Waals surface area (Å²) in [6, 6.07) is 24.8. The molecular weight excluding hydrogens is 372 g/mol. The topological polar surface area (TPSA) is 51.9 Å². The smallest absolute Gasteiger partial charge is 0.251 e. The Bertz CT molecular complexity index is 1390. The molecule has 2 aromatic heterocycles. The summed E-state index contributed by atoms with van der Waals surface area (Å²) in [4.78, 5) is 16.8. The molecular formula is C25H20N4O. The lowest BCUT2D eigenvalue weighted by Gasteiger charge is -2.08. The lowest BCUT2D eigenvalue weighted by Crippen LogP contribution is -2.25. The Morgan fingerprint density at radius 1 is 0.867 bits per heavy atom. The second kappa shape index (κ2) is 6.59. The van der Waals surface area contributed by atoms with Crippen molar-refractivity contribution in [3.63, 3.8) is 0 Å². The molecule has 1 aliphatic carbocycles. The summed E-state index contributed by atoms with van der Waals surface area (Å²) in [5.41, 5.74) is 5.90. The molecule has 3 aromatic carbocycles. The van der Waals surface area contributed by atoms with Crippen LogP contribution in [0.1, 0.15) is 23.2 Å². The van der Waals surface area contributed by atoms with Crippen LogP contribution in [0.5, 0.6) is 0 Å². The van der Waals surface area contributed by atoms with Gasteiger partial charge in [-0.1, -0.05) is 18.2 Å². The highest BCUT2D eigenvalue weighted by atomic mass is 16.1. The Morgan fingerprint density at radius 2 is 1.67 bits per heavy atom. The van der Waals surface area contributed by atoms with Crippen LogP contribution in [0, 0.1) is 0 Å². The van der Waals surface area contributed by atoms with Gasteiger partial charge in [-0.15, -0.1) is 0 Å². The maximum absolute atomic E-state index is 12.2. The van der Waals surface area contributed by atoms with Crippen molar-refractivity contribution in [2.24, 2.45) is 0 Å². The summed E-state index contributed by atoms with van der Waals surface area (Å²) in [6.07, 6.45) is 6.10. The number of nitrogens with zero attached hydrogens (tertiary/aromatic N) is 3. The molecule has 0 bridgehead atoms. The van der Waals surface area contributed by atoms with Crippen molar-refractivity contribution < 1.29 is 4.79 Å². The third-order valence-corrected chi connectivity index (χ3v) is 5.73. The third kappa shape index (κ3) is 2.87. The van der Waals surface area contributed by atoms with E-state index < -0.39 is 0 Å². The van der Waals surface area contributed by atoms with Crippen LogP contribution in [0.3, 0.4) is 0 Å². The molecule has 2 heterocycles. The number of imidazole rings is 1. The highest BCUT2D eigenvalue weighted by molar-refractivity contribution is 5.94. The minimum absolute atomic E-state index is 0.00290. The Kier molecular flexibility index (Phi) is 3.74. The second-order valence-electron chi connectivity index (χ2n) is 7.83. The van der Waals surface area contributed by atoms with E-state index in [-0.39, 0.29) is 5.91 Å². The molecule has 1 N–H and O–H groups in total. The van der Waals surface area contributed by atoms with Crippen molar-refractivity contribution in [3.05, 3.63) is 90.9 Å². The molecule has 0 spiro atoms. The van der Waals surface area contributed by atoms with Crippen LogP contribution in [0.25, 0.3) is 33.3 Å². The predicted molar refractivity (Wildman–Crippen MR) is 118 cm³/mol. The molecule has 5 aromatic rings. The Labute approximate surface area is 173 Å². The van der Waals surface area contributed by atoms with E-state index in [4.69, 9.17) is 0 Å². The maximum atomic E-state index is 12.2. The van der Waals surface area contributed by atoms with Crippen molar-refractivity contribution in [3.8, 4) is 11.4 Å². The van der Waals surface area contributed by atoms with E-state index in [0.29, 0.717) is 11.6 Å². The van der Waals surface area contributed by atoms with Gasteiger partial charge in [0.25, 0.3) is 5.91 Å². The summed E-state index contributed by atoms with van der Waals surface area (Å²) in [5.74, 6) is 0.00290. The summed E-state index contributed by atoms with van der Waals surface area (Å²) in [7, 11) is 0. The average molecular weight is 392 g/mol. The van der Waals surface area contributed by atoms with Gasteiger partial charge in [0, 0.05) is 29.2 Å². The van der Waals surface area contributed by atoms with Crippen molar-refractivity contribution in [1.29, 1.82) is 0 Å². The quantitative estimate of drug-likeness (QED) is 0.475. The first kappa shape index (κ1) is 17.0. The zero-order valence-corrected chi connectivity index (χ0v) is 16.3. The number of carbonyl (C=O) groups excluding carboxylic acids is 1. The number of hydrogen-bond acceptors (Lipinski definition) is 2. The summed E-state index contributed by atoms with van der Waals surface area (Å²) in [6.45, 7) is 0. The molecule has 1 amide bonds. The number of carbonyl (C=O) groups is 1. The molecule has 0 radical (unpaired) electrons. The number of amides is 1. The van der Waals surface area contributed by atoms with Crippen LogP contribution in [-0.2, 0) is 0 Å². The van der Waals surface area contributed by atoms with Gasteiger partial charge in [0.05, 0.1) is 16.6 Å². The standard InChI is InChI=1S/C25H20N4O/c30-25(27-19-7-8-19)18-5-9-20(10-6-18)29-16-26-22-15-21(11-12-24(22)29)28-14-13-17-3-1-2-4-23(17)28/h1-6,9-16,19H,7-8H2,(H,27,30). The fraction of sp³-hybridized carbons (Fsp3) is 0.120. The Balaban J connectivity index is 1.34. The van der Waals surface area contributed by atoms with Gasteiger partial charge in [-0.3, -0.25) is 9.36 Å². The van der Waals surface area contributed by atoms with Crippen LogP contribution >= 0.6 is 0 Å². The number of benzene rings is 3. The number of para-hydroxylation sites is 1. The van der Waals surface area contributed by atoms with Gasteiger partial charge in [0.1, 0.15) is 6.33 Å². The lowest BCUT2D eigenvalue weighted by molar-refractivity contribution is 0.0951. The van der Waals surface area contributed by atoms with Crippen LogP contribution < -0.4 is 5.32 Å². The molecule has 5 heteroatoms. The lowest BCUT2D eigenvalue weighted by atomic mass is 10.2. The van der Waals surface area contributed by atoms with Gasteiger partial charge in [0.2, 0.25) is 0 Å². The van der Waals surface area contributed by atoms with E-state index in [1.54, 1.807) is 0 Å². The Hall–Kier alpha value is -3.86. The molecule has 6 rings (SSSR count). The Morgan fingerprint density at radius 3 is 2.50 bits per heavy atom. The van der Waals surface area contributed by atoms with Gasteiger partial charge in [-0.25, -0.2) is 4.98 Å². The monoisotopic (exact) mass is 392 g/mol. The molecule has 5 nitrogen and oxygen atoms in total. The van der Waals surface area contributed by atoms with Gasteiger partial charge in [-0.05, 0) is 72.8 Å². The molecule has 0 atom stereocenters. The van der Waals surface area contributed by atoms with Crippen LogP contribution in [-0.4, -0.2) is 26.1 Å². The normalized spacial score (nSPS) is 13.7. The van der Waals surface area contributed by atoms with E-state index >= 15 is 0 Å². The molecule has 0 unspecified atom stereocenters. The molecule has 0 aliphatic heterocycles. The molecule has 1 fully saturated rings. The van der Waals surface area contributed by atoms with E-state index in [0.717, 1.165) is 35.2 Å². The van der Waals surface area contributed by atoms with E-state index in [2.05, 4.69) is 74.2 Å². The average Bonchev–Trinajstić information content (AvgIpc) is 3.34. The molecule has 1 aliphatic rings. The van der Waals surface area contributed by atoms with Gasteiger partial charge in [-0.2, -0.15) is 0 Å². The van der Waals surface area contributed by atoms with E-state index in [9.17, 15) is 4.79 Å². The summed E-state index contributed by atoms with van der Waals surface area (Å²) in [5, 5.41) is 4.24. The fourth-order valence-electron chi connectivity index (χ4n) is 3.93. The van der Waals surface area contributed by atoms with Gasteiger partial charge >= 0.3 is 0 Å². The first-order chi connectivity index (χ1) is 14.8. The van der Waals surface area contributed by atoms with Crippen molar-refractivity contribution >= 4 is 27.8 Å². The first-order valence-corrected chi connectivity index (χ1v) is 10.2. The molecule has 30 heavy (non-hydrogen) atoms. The van der Waals surface area contributed by atoms with E-state index in [1.165, 1.54) is 10.9 Å². The highest BCUT2D eigenvalue weighted by Crippen LogP contribution is 2.25. The highest BCUT2D eigenvalue weighted by Gasteiger charge is 2.23. The zero-order chi connectivity index (χ0) is 20.1. The molecule has 1 saturated carbocycles. The van der Waals surface area contributed by atoms with E-state index in [1.807, 2.05) is 30.6 Å². The number of hydrogen-bond donors (Lipinski definition) is 1. The number of rotatable bonds is 4. The van der Waals surface area contributed by atoms with Gasteiger partial charge in [0.15, 0.2) is 0 Å².